The van der Waals surface area contributed by atoms with E-state index in [0.717, 1.165) is 11.3 Å². The van der Waals surface area contributed by atoms with Crippen LogP contribution in [0.5, 0.6) is 0 Å². The Balaban J connectivity index is 2.57. The molecule has 8 heteroatoms. The predicted molar refractivity (Wildman–Crippen MR) is 49.6 cm³/mol. The second-order valence-electron chi connectivity index (χ2n) is 2.97. The van der Waals surface area contributed by atoms with E-state index in [0.29, 0.717) is 10.6 Å². The van der Waals surface area contributed by atoms with Crippen LogP contribution >= 0.6 is 11.3 Å². The Bertz CT molecular complexity index is 380. The van der Waals surface area contributed by atoms with Gasteiger partial charge in [0.1, 0.15) is 0 Å². The molecule has 1 rings (SSSR count). The monoisotopic (exact) mass is 256 g/mol. The standard InChI is InChI=1S/C8H8F4N2OS/c1-4-5(16-3-14-4)2-13-7(15)8(11,12)6(9)10/h3,6H,2H2,1H3,(H,13,15). The van der Waals surface area contributed by atoms with E-state index in [9.17, 15) is 22.4 Å². The van der Waals surface area contributed by atoms with Crippen molar-refractivity contribution in [1.29, 1.82) is 0 Å². The number of rotatable bonds is 4. The van der Waals surface area contributed by atoms with Crippen LogP contribution in [0.3, 0.4) is 0 Å². The number of carbonyl (C=O) groups is 1. The molecule has 0 aliphatic rings. The van der Waals surface area contributed by atoms with Crippen molar-refractivity contribution < 1.29 is 22.4 Å². The lowest BCUT2D eigenvalue weighted by Gasteiger charge is -2.14. The molecule has 16 heavy (non-hydrogen) atoms. The quantitative estimate of drug-likeness (QED) is 0.837. The van der Waals surface area contributed by atoms with Gasteiger partial charge in [-0.2, -0.15) is 8.78 Å². The molecule has 0 fully saturated rings. The second kappa shape index (κ2) is 4.77. The fraction of sp³-hybridized carbons (Fsp3) is 0.500. The maximum Gasteiger partial charge on any atom is 0.383 e. The molecule has 0 bridgehead atoms. The molecule has 0 aliphatic heterocycles. The smallest absolute Gasteiger partial charge is 0.346 e. The highest BCUT2D eigenvalue weighted by molar-refractivity contribution is 7.09. The molecule has 1 aromatic rings. The normalized spacial score (nSPS) is 11.9. The Morgan fingerprint density at radius 1 is 1.62 bits per heavy atom. The van der Waals surface area contributed by atoms with E-state index in [-0.39, 0.29) is 6.54 Å². The number of halogens is 4. The molecule has 0 aromatic carbocycles. The molecule has 1 heterocycles. The van der Waals surface area contributed by atoms with Crippen molar-refractivity contribution in [1.82, 2.24) is 10.3 Å². The average Bonchev–Trinajstić information content (AvgIpc) is 2.60. The first-order valence-corrected chi connectivity index (χ1v) is 5.07. The molecule has 0 saturated carbocycles. The molecular formula is C8H8F4N2OS. The van der Waals surface area contributed by atoms with Crippen LogP contribution in [-0.4, -0.2) is 23.2 Å². The van der Waals surface area contributed by atoms with Gasteiger partial charge in [-0.25, -0.2) is 13.8 Å². The summed E-state index contributed by atoms with van der Waals surface area (Å²) in [6.07, 6.45) is -4.00. The van der Waals surface area contributed by atoms with E-state index in [1.54, 1.807) is 12.2 Å². The van der Waals surface area contributed by atoms with Crippen molar-refractivity contribution in [2.75, 3.05) is 0 Å². The van der Waals surface area contributed by atoms with Gasteiger partial charge in [-0.15, -0.1) is 11.3 Å². The molecule has 0 spiro atoms. The second-order valence-corrected chi connectivity index (χ2v) is 3.91. The Hall–Kier alpha value is -1.18. The molecule has 1 aromatic heterocycles. The van der Waals surface area contributed by atoms with Crippen LogP contribution in [0, 0.1) is 6.92 Å². The fourth-order valence-electron chi connectivity index (χ4n) is 0.873. The lowest BCUT2D eigenvalue weighted by Crippen LogP contribution is -2.44. The summed E-state index contributed by atoms with van der Waals surface area (Å²) in [6.45, 7) is 1.40. The summed E-state index contributed by atoms with van der Waals surface area (Å²) >= 11 is 1.15. The highest BCUT2D eigenvalue weighted by atomic mass is 32.1. The molecule has 0 unspecified atom stereocenters. The van der Waals surface area contributed by atoms with E-state index < -0.39 is 18.3 Å². The van der Waals surface area contributed by atoms with Crippen molar-refractivity contribution in [3.63, 3.8) is 0 Å². The van der Waals surface area contributed by atoms with Crippen LogP contribution < -0.4 is 5.32 Å². The number of amides is 1. The number of nitrogens with zero attached hydrogens (tertiary/aromatic N) is 1. The van der Waals surface area contributed by atoms with Gasteiger partial charge in [-0.05, 0) is 6.92 Å². The van der Waals surface area contributed by atoms with Crippen LogP contribution in [0.15, 0.2) is 5.51 Å². The summed E-state index contributed by atoms with van der Waals surface area (Å²) in [7, 11) is 0. The first-order valence-electron chi connectivity index (χ1n) is 4.19. The summed E-state index contributed by atoms with van der Waals surface area (Å²) < 4.78 is 48.6. The van der Waals surface area contributed by atoms with Crippen molar-refractivity contribution in [3.05, 3.63) is 16.1 Å². The van der Waals surface area contributed by atoms with Crippen molar-refractivity contribution in [2.24, 2.45) is 0 Å². The third-order valence-electron chi connectivity index (χ3n) is 1.83. The van der Waals surface area contributed by atoms with Gasteiger partial charge in [0.2, 0.25) is 0 Å². The SMILES string of the molecule is Cc1ncsc1CNC(=O)C(F)(F)C(F)F. The summed E-state index contributed by atoms with van der Waals surface area (Å²) in [4.78, 5) is 15.1. The first-order chi connectivity index (χ1) is 7.35. The Kier molecular flexibility index (Phi) is 3.84. The van der Waals surface area contributed by atoms with Crippen LogP contribution in [-0.2, 0) is 11.3 Å². The van der Waals surface area contributed by atoms with Crippen LogP contribution in [0.4, 0.5) is 17.6 Å². The van der Waals surface area contributed by atoms with E-state index in [2.05, 4.69) is 4.98 Å². The van der Waals surface area contributed by atoms with Gasteiger partial charge in [0.05, 0.1) is 17.7 Å². The topological polar surface area (TPSA) is 42.0 Å². The summed E-state index contributed by atoms with van der Waals surface area (Å²) in [5.41, 5.74) is 2.05. The number of thiazole rings is 1. The van der Waals surface area contributed by atoms with Crippen LogP contribution in [0.2, 0.25) is 0 Å². The van der Waals surface area contributed by atoms with E-state index in [1.165, 1.54) is 5.51 Å². The zero-order valence-corrected chi connectivity index (χ0v) is 8.95. The fourth-order valence-corrected chi connectivity index (χ4v) is 1.59. The summed E-state index contributed by atoms with van der Waals surface area (Å²) in [6, 6.07) is 0. The van der Waals surface area contributed by atoms with Crippen molar-refractivity contribution in [3.8, 4) is 0 Å². The van der Waals surface area contributed by atoms with Gasteiger partial charge >= 0.3 is 12.3 Å². The number of alkyl halides is 4. The third-order valence-corrected chi connectivity index (χ3v) is 2.77. The first kappa shape index (κ1) is 12.9. The lowest BCUT2D eigenvalue weighted by molar-refractivity contribution is -0.169. The predicted octanol–water partition coefficient (Wildman–Crippen LogP) is 1.97. The van der Waals surface area contributed by atoms with Gasteiger partial charge < -0.3 is 5.32 Å². The third kappa shape index (κ3) is 2.69. The number of aryl methyl sites for hydroxylation is 1. The van der Waals surface area contributed by atoms with E-state index in [4.69, 9.17) is 0 Å². The highest BCUT2D eigenvalue weighted by Crippen LogP contribution is 2.23. The molecule has 0 saturated heterocycles. The summed E-state index contributed by atoms with van der Waals surface area (Å²) in [5, 5.41) is 1.75. The largest absolute Gasteiger partial charge is 0.383 e. The zero-order valence-electron chi connectivity index (χ0n) is 8.14. The van der Waals surface area contributed by atoms with E-state index in [1.807, 2.05) is 0 Å². The Labute approximate surface area is 92.5 Å². The maximum absolute atomic E-state index is 12.5. The minimum atomic E-state index is -4.65. The number of hydrogen-bond acceptors (Lipinski definition) is 3. The Morgan fingerprint density at radius 3 is 2.69 bits per heavy atom. The molecule has 1 N–H and O–H groups in total. The van der Waals surface area contributed by atoms with Crippen molar-refractivity contribution >= 4 is 17.2 Å². The maximum atomic E-state index is 12.5. The van der Waals surface area contributed by atoms with Gasteiger partial charge in [0.25, 0.3) is 5.91 Å². The minimum Gasteiger partial charge on any atom is -0.346 e. The zero-order chi connectivity index (χ0) is 12.3. The summed E-state index contributed by atoms with van der Waals surface area (Å²) in [5.74, 6) is -6.63. The minimum absolute atomic E-state index is 0.225. The average molecular weight is 256 g/mol. The molecule has 0 atom stereocenters. The van der Waals surface area contributed by atoms with Gasteiger partial charge in [0, 0.05) is 4.88 Å². The van der Waals surface area contributed by atoms with Crippen molar-refractivity contribution in [2.45, 2.75) is 25.8 Å². The highest BCUT2D eigenvalue weighted by Gasteiger charge is 2.48. The van der Waals surface area contributed by atoms with E-state index >= 15 is 0 Å². The van der Waals surface area contributed by atoms with Gasteiger partial charge in [-0.1, -0.05) is 0 Å². The molecular weight excluding hydrogens is 248 g/mol. The number of carbonyl (C=O) groups excluding carboxylic acids is 1. The van der Waals surface area contributed by atoms with Crippen LogP contribution in [0.1, 0.15) is 10.6 Å². The molecule has 3 nitrogen and oxygen atoms in total. The van der Waals surface area contributed by atoms with Crippen LogP contribution in [0.25, 0.3) is 0 Å². The molecule has 1 amide bonds. The molecule has 90 valence electrons. The number of nitrogens with one attached hydrogen (secondary N) is 1. The van der Waals surface area contributed by atoms with Gasteiger partial charge in [-0.3, -0.25) is 4.79 Å². The number of hydrogen-bond donors (Lipinski definition) is 1. The van der Waals surface area contributed by atoms with Gasteiger partial charge in [0.15, 0.2) is 0 Å². The number of aromatic nitrogens is 1. The molecule has 0 aliphatic carbocycles. The molecule has 0 radical (unpaired) electrons. The Morgan fingerprint density at radius 2 is 2.25 bits per heavy atom. The lowest BCUT2D eigenvalue weighted by atomic mass is 10.3.